The molecule has 0 radical (unpaired) electrons. The Hall–Kier alpha value is -0.900. The van der Waals surface area contributed by atoms with E-state index in [4.69, 9.17) is 33.0 Å². The number of hydrogen-bond acceptors (Lipinski definition) is 11. The number of unbranched alkanes of at least 4 members (excludes halogenated alkanes) is 2. The van der Waals surface area contributed by atoms with Crippen molar-refractivity contribution in [1.29, 1.82) is 0 Å². The minimum Gasteiger partial charge on any atom is -0.467 e. The summed E-state index contributed by atoms with van der Waals surface area (Å²) >= 11 is 0. The van der Waals surface area contributed by atoms with Gasteiger partial charge >= 0.3 is 16.4 Å². The van der Waals surface area contributed by atoms with E-state index < -0.39 is 77.9 Å². The normalized spacial score (nSPS) is 27.9. The number of carbonyl (C=O) groups excluding carboxylic acids is 1. The summed E-state index contributed by atoms with van der Waals surface area (Å²) in [6.45, 7) is 11.1. The van der Waals surface area contributed by atoms with Gasteiger partial charge in [-0.2, -0.15) is 8.42 Å². The van der Waals surface area contributed by atoms with Gasteiger partial charge in [-0.05, 0) is 26.7 Å². The lowest BCUT2D eigenvalue weighted by atomic mass is 9.92. The van der Waals surface area contributed by atoms with Crippen molar-refractivity contribution in [3.05, 3.63) is 0 Å². The molecule has 0 aromatic carbocycles. The highest BCUT2D eigenvalue weighted by Crippen LogP contribution is 2.31. The molecule has 1 saturated heterocycles. The number of aliphatic hydroxyl groups excluding tert-OH is 1. The third kappa shape index (κ3) is 11.8. The average molecular weight is 559 g/mol. The maximum atomic E-state index is 12.7. The summed E-state index contributed by atoms with van der Waals surface area (Å²) < 4.78 is 70.7. The number of carbonyl (C=O) groups is 1. The van der Waals surface area contributed by atoms with Gasteiger partial charge in [-0.25, -0.2) is 8.98 Å². The third-order valence-electron chi connectivity index (χ3n) is 6.41. The summed E-state index contributed by atoms with van der Waals surface area (Å²) in [5.41, 5.74) is 0. The van der Waals surface area contributed by atoms with Gasteiger partial charge < -0.3 is 33.5 Å². The van der Waals surface area contributed by atoms with Crippen molar-refractivity contribution in [2.45, 2.75) is 110 Å². The predicted octanol–water partition coefficient (Wildman–Crippen LogP) is 2.48. The molecule has 13 heteroatoms. The van der Waals surface area contributed by atoms with Crippen LogP contribution in [0.15, 0.2) is 0 Å². The van der Waals surface area contributed by atoms with Crippen molar-refractivity contribution in [3.8, 4) is 0 Å². The Labute approximate surface area is 221 Å². The zero-order chi connectivity index (χ0) is 28.2. The molecule has 0 saturated carbocycles. The Morgan fingerprint density at radius 1 is 1.05 bits per heavy atom. The number of hydrogen-bond donors (Lipinski definition) is 2. The lowest BCUT2D eigenvalue weighted by molar-refractivity contribution is -0.311. The summed E-state index contributed by atoms with van der Waals surface area (Å²) in [5.74, 6) is -1.71. The summed E-state index contributed by atoms with van der Waals surface area (Å²) in [7, 11) is -3.64. The van der Waals surface area contributed by atoms with Crippen LogP contribution in [-0.4, -0.2) is 94.1 Å². The van der Waals surface area contributed by atoms with Gasteiger partial charge in [-0.3, -0.25) is 4.55 Å². The Bertz CT molecular complexity index is 748. The highest BCUT2D eigenvalue weighted by Gasteiger charge is 2.45. The van der Waals surface area contributed by atoms with E-state index >= 15 is 0 Å². The molecule has 0 amide bonds. The minimum atomic E-state index is -4.84. The van der Waals surface area contributed by atoms with Crippen molar-refractivity contribution in [1.82, 2.24) is 0 Å². The smallest absolute Gasteiger partial charge is 0.397 e. The number of methoxy groups -OCH3 is 1. The fourth-order valence-corrected chi connectivity index (χ4v) is 4.14. The van der Waals surface area contributed by atoms with Gasteiger partial charge in [0.25, 0.3) is 0 Å². The van der Waals surface area contributed by atoms with Crippen LogP contribution in [0.4, 0.5) is 0 Å². The van der Waals surface area contributed by atoms with Gasteiger partial charge in [0.1, 0.15) is 12.7 Å². The highest BCUT2D eigenvalue weighted by atomic mass is 32.3. The van der Waals surface area contributed by atoms with Crippen molar-refractivity contribution in [2.75, 3.05) is 26.9 Å². The molecule has 0 aromatic rings. The maximum absolute atomic E-state index is 12.7. The van der Waals surface area contributed by atoms with Gasteiger partial charge in [0.05, 0.1) is 25.4 Å². The monoisotopic (exact) mass is 558 g/mol. The Balaban J connectivity index is 3.18. The van der Waals surface area contributed by atoms with Crippen molar-refractivity contribution in [3.63, 3.8) is 0 Å². The molecule has 2 N–H and O–H groups in total. The minimum absolute atomic E-state index is 0.406. The summed E-state index contributed by atoms with van der Waals surface area (Å²) in [5, 5.41) is 10.3. The fourth-order valence-electron chi connectivity index (χ4n) is 3.86. The van der Waals surface area contributed by atoms with Gasteiger partial charge in [0, 0.05) is 25.0 Å². The molecule has 1 heterocycles. The standard InChI is InChI=1S/C24H46O12S/c1-8-10-12-31-17(5)15(3)21(24(26)30-7)35-19(14-33-37(27,28)29)36-22-18(6)34-23(25)16(4)20(22)32-13-11-9-2/h15-23,25H,8-14H2,1-7H3,(H,27,28,29)/t15-,16+,17+,18?,19?,20?,21?,22+,23-/m1/s1. The zero-order valence-corrected chi connectivity index (χ0v) is 23.8. The summed E-state index contributed by atoms with van der Waals surface area (Å²) in [6.07, 6.45) is -2.84. The largest absolute Gasteiger partial charge is 0.467 e. The second kappa shape index (κ2) is 16.9. The highest BCUT2D eigenvalue weighted by molar-refractivity contribution is 7.80. The van der Waals surface area contributed by atoms with Crippen molar-refractivity contribution in [2.24, 2.45) is 11.8 Å². The van der Waals surface area contributed by atoms with E-state index in [-0.39, 0.29) is 0 Å². The Kier molecular flexibility index (Phi) is 15.6. The van der Waals surface area contributed by atoms with Crippen LogP contribution >= 0.6 is 0 Å². The van der Waals surface area contributed by atoms with Gasteiger partial charge in [-0.1, -0.05) is 40.5 Å². The van der Waals surface area contributed by atoms with E-state index in [2.05, 4.69) is 4.18 Å². The molecule has 0 aliphatic carbocycles. The van der Waals surface area contributed by atoms with Crippen LogP contribution in [0.5, 0.6) is 0 Å². The van der Waals surface area contributed by atoms with Crippen LogP contribution in [0.2, 0.25) is 0 Å². The first-order valence-electron chi connectivity index (χ1n) is 12.9. The van der Waals surface area contributed by atoms with Crippen LogP contribution in [0.1, 0.15) is 67.2 Å². The van der Waals surface area contributed by atoms with Crippen LogP contribution in [-0.2, 0) is 47.8 Å². The number of aliphatic hydroxyl groups is 1. The van der Waals surface area contributed by atoms with E-state index in [1.165, 1.54) is 7.11 Å². The van der Waals surface area contributed by atoms with Crippen LogP contribution in [0, 0.1) is 11.8 Å². The summed E-state index contributed by atoms with van der Waals surface area (Å²) in [4.78, 5) is 12.7. The molecule has 37 heavy (non-hydrogen) atoms. The average Bonchev–Trinajstić information content (AvgIpc) is 2.84. The molecule has 4 unspecified atom stereocenters. The van der Waals surface area contributed by atoms with Gasteiger partial charge in [-0.15, -0.1) is 0 Å². The van der Waals surface area contributed by atoms with E-state index in [1.54, 1.807) is 27.7 Å². The maximum Gasteiger partial charge on any atom is 0.397 e. The first-order valence-corrected chi connectivity index (χ1v) is 14.3. The van der Waals surface area contributed by atoms with Crippen LogP contribution in [0.25, 0.3) is 0 Å². The van der Waals surface area contributed by atoms with Crippen LogP contribution < -0.4 is 0 Å². The fraction of sp³-hybridized carbons (Fsp3) is 0.958. The molecule has 0 spiro atoms. The van der Waals surface area contributed by atoms with Gasteiger partial charge in [0.2, 0.25) is 0 Å². The number of rotatable bonds is 18. The summed E-state index contributed by atoms with van der Waals surface area (Å²) in [6, 6.07) is 0. The van der Waals surface area contributed by atoms with E-state index in [1.807, 2.05) is 13.8 Å². The number of esters is 1. The third-order valence-corrected chi connectivity index (χ3v) is 6.84. The van der Waals surface area contributed by atoms with E-state index in [0.717, 1.165) is 25.7 Å². The van der Waals surface area contributed by atoms with Crippen molar-refractivity contribution < 1.29 is 55.5 Å². The molecular formula is C24H46O12S. The molecule has 1 aliphatic rings. The first-order chi connectivity index (χ1) is 17.4. The quantitative estimate of drug-likeness (QED) is 0.110. The van der Waals surface area contributed by atoms with E-state index in [0.29, 0.717) is 13.2 Å². The molecular weight excluding hydrogens is 512 g/mol. The predicted molar refractivity (Wildman–Crippen MR) is 133 cm³/mol. The number of ether oxygens (including phenoxy) is 6. The SMILES string of the molecule is CCCCOC1[C@@H](OC(COS(=O)(=O)O)OC(C(=O)OC)[C@H](C)[C@H](C)OCCCC)C(C)O[C@@H](O)[C@H]1C. The topological polar surface area (TPSA) is 156 Å². The molecule has 220 valence electrons. The second-order valence-corrected chi connectivity index (χ2v) is 10.5. The molecule has 0 bridgehead atoms. The van der Waals surface area contributed by atoms with Crippen LogP contribution in [0.3, 0.4) is 0 Å². The molecule has 1 aliphatic heterocycles. The lowest BCUT2D eigenvalue weighted by Crippen LogP contribution is -2.56. The second-order valence-electron chi connectivity index (χ2n) is 9.39. The Morgan fingerprint density at radius 2 is 1.68 bits per heavy atom. The first kappa shape index (κ1) is 34.1. The molecule has 12 nitrogen and oxygen atoms in total. The van der Waals surface area contributed by atoms with Crippen molar-refractivity contribution >= 4 is 16.4 Å². The van der Waals surface area contributed by atoms with E-state index in [9.17, 15) is 18.3 Å². The zero-order valence-electron chi connectivity index (χ0n) is 23.0. The molecule has 1 rings (SSSR count). The molecule has 1 fully saturated rings. The lowest BCUT2D eigenvalue weighted by Gasteiger charge is -2.44. The molecule has 9 atom stereocenters. The Morgan fingerprint density at radius 3 is 2.24 bits per heavy atom. The molecule has 0 aromatic heterocycles. The van der Waals surface area contributed by atoms with Gasteiger partial charge in [0.15, 0.2) is 18.7 Å².